The van der Waals surface area contributed by atoms with Gasteiger partial charge in [0.25, 0.3) is 0 Å². The van der Waals surface area contributed by atoms with Crippen LogP contribution in [0.2, 0.25) is 0 Å². The predicted octanol–water partition coefficient (Wildman–Crippen LogP) is 1.05. The zero-order valence-electron chi connectivity index (χ0n) is 10.3. The second-order valence-electron chi connectivity index (χ2n) is 3.66. The van der Waals surface area contributed by atoms with Crippen molar-refractivity contribution in [1.82, 2.24) is 10.0 Å². The average molecular weight is 268 g/mol. The lowest BCUT2D eigenvalue weighted by molar-refractivity contribution is 0.573. The predicted molar refractivity (Wildman–Crippen MR) is 72.6 cm³/mol. The van der Waals surface area contributed by atoms with Crippen molar-refractivity contribution in [3.8, 4) is 0 Å². The highest BCUT2D eigenvalue weighted by atomic mass is 32.2. The number of thioether (sulfide) groups is 1. The molecule has 0 aromatic rings. The lowest BCUT2D eigenvalue weighted by Crippen LogP contribution is -2.32. The Hall–Kier alpha value is 0.220. The first kappa shape index (κ1) is 16.2. The third kappa shape index (κ3) is 10.7. The van der Waals surface area contributed by atoms with Gasteiger partial charge in [-0.2, -0.15) is 11.8 Å². The summed E-state index contributed by atoms with van der Waals surface area (Å²) in [6.07, 6.45) is 5.08. The van der Waals surface area contributed by atoms with E-state index < -0.39 is 10.0 Å². The molecule has 0 saturated carbocycles. The van der Waals surface area contributed by atoms with Gasteiger partial charge in [0, 0.05) is 13.1 Å². The van der Waals surface area contributed by atoms with Crippen molar-refractivity contribution in [1.29, 1.82) is 0 Å². The van der Waals surface area contributed by atoms with Crippen molar-refractivity contribution in [2.75, 3.05) is 37.4 Å². The van der Waals surface area contributed by atoms with Gasteiger partial charge in [0.15, 0.2) is 0 Å². The van der Waals surface area contributed by atoms with E-state index in [-0.39, 0.29) is 5.75 Å². The Bertz CT molecular complexity index is 243. The van der Waals surface area contributed by atoms with Crippen molar-refractivity contribution >= 4 is 21.8 Å². The van der Waals surface area contributed by atoms with Crippen LogP contribution in [-0.2, 0) is 10.0 Å². The molecule has 0 atom stereocenters. The first-order valence-electron chi connectivity index (χ1n) is 5.79. The van der Waals surface area contributed by atoms with Crippen LogP contribution in [0.15, 0.2) is 0 Å². The van der Waals surface area contributed by atoms with Crippen LogP contribution in [0.3, 0.4) is 0 Å². The van der Waals surface area contributed by atoms with Crippen molar-refractivity contribution in [3.63, 3.8) is 0 Å². The monoisotopic (exact) mass is 268 g/mol. The van der Waals surface area contributed by atoms with Gasteiger partial charge in [-0.05, 0) is 37.8 Å². The molecule has 0 unspecified atom stereocenters. The van der Waals surface area contributed by atoms with Crippen LogP contribution in [-0.4, -0.2) is 45.8 Å². The summed E-state index contributed by atoms with van der Waals surface area (Å²) in [5, 5.41) is 3.08. The summed E-state index contributed by atoms with van der Waals surface area (Å²) in [7, 11) is -3.07. The fourth-order valence-electron chi connectivity index (χ4n) is 1.18. The average Bonchev–Trinajstić information content (AvgIpc) is 2.24. The molecule has 98 valence electrons. The molecule has 0 spiro atoms. The van der Waals surface area contributed by atoms with Crippen LogP contribution in [0, 0.1) is 0 Å². The number of rotatable bonds is 11. The molecule has 2 N–H and O–H groups in total. The van der Waals surface area contributed by atoms with Crippen LogP contribution < -0.4 is 10.0 Å². The summed E-state index contributed by atoms with van der Waals surface area (Å²) in [4.78, 5) is 0. The molecule has 6 heteroatoms. The van der Waals surface area contributed by atoms with Crippen molar-refractivity contribution < 1.29 is 8.42 Å². The first-order chi connectivity index (χ1) is 7.62. The fourth-order valence-corrected chi connectivity index (χ4v) is 2.69. The van der Waals surface area contributed by atoms with Crippen LogP contribution in [0.4, 0.5) is 0 Å². The molecule has 4 nitrogen and oxygen atoms in total. The van der Waals surface area contributed by atoms with Gasteiger partial charge in [0.2, 0.25) is 10.0 Å². The molecule has 0 radical (unpaired) electrons. The SMILES string of the molecule is CCCNCCS(=O)(=O)NCCCCSC. The molecule has 0 amide bonds. The quantitative estimate of drug-likeness (QED) is 0.550. The second-order valence-corrected chi connectivity index (χ2v) is 6.58. The third-order valence-corrected chi connectivity index (χ3v) is 4.15. The highest BCUT2D eigenvalue weighted by molar-refractivity contribution is 7.98. The van der Waals surface area contributed by atoms with E-state index in [9.17, 15) is 8.42 Å². The van der Waals surface area contributed by atoms with E-state index in [0.29, 0.717) is 13.1 Å². The minimum atomic E-state index is -3.07. The van der Waals surface area contributed by atoms with Gasteiger partial charge in [0.05, 0.1) is 5.75 Å². The fraction of sp³-hybridized carbons (Fsp3) is 1.00. The van der Waals surface area contributed by atoms with Crippen LogP contribution in [0.1, 0.15) is 26.2 Å². The Morgan fingerprint density at radius 1 is 1.12 bits per heavy atom. The van der Waals surface area contributed by atoms with Crippen LogP contribution >= 0.6 is 11.8 Å². The molecule has 16 heavy (non-hydrogen) atoms. The van der Waals surface area contributed by atoms with Crippen molar-refractivity contribution in [2.45, 2.75) is 26.2 Å². The Morgan fingerprint density at radius 2 is 1.88 bits per heavy atom. The van der Waals surface area contributed by atoms with Gasteiger partial charge in [-0.15, -0.1) is 0 Å². The molecule has 0 heterocycles. The molecule has 0 aromatic heterocycles. The van der Waals surface area contributed by atoms with Gasteiger partial charge in [-0.1, -0.05) is 6.92 Å². The van der Waals surface area contributed by atoms with E-state index in [4.69, 9.17) is 0 Å². The van der Waals surface area contributed by atoms with Gasteiger partial charge in [-0.3, -0.25) is 0 Å². The Balaban J connectivity index is 3.47. The lowest BCUT2D eigenvalue weighted by Gasteiger charge is -2.07. The summed E-state index contributed by atoms with van der Waals surface area (Å²) >= 11 is 1.79. The summed E-state index contributed by atoms with van der Waals surface area (Å²) in [5.41, 5.74) is 0. The van der Waals surface area contributed by atoms with Crippen LogP contribution in [0.25, 0.3) is 0 Å². The van der Waals surface area contributed by atoms with E-state index in [1.54, 1.807) is 11.8 Å². The van der Waals surface area contributed by atoms with Crippen LogP contribution in [0.5, 0.6) is 0 Å². The topological polar surface area (TPSA) is 58.2 Å². The number of unbranched alkanes of at least 4 members (excludes halogenated alkanes) is 1. The van der Waals surface area contributed by atoms with Crippen molar-refractivity contribution in [2.24, 2.45) is 0 Å². The van der Waals surface area contributed by atoms with E-state index in [0.717, 1.165) is 31.6 Å². The zero-order chi connectivity index (χ0) is 12.3. The van der Waals surface area contributed by atoms with E-state index in [1.807, 2.05) is 0 Å². The molecular formula is C10H24N2O2S2. The maximum absolute atomic E-state index is 11.5. The molecular weight excluding hydrogens is 244 g/mol. The number of hydrogen-bond donors (Lipinski definition) is 2. The van der Waals surface area contributed by atoms with Crippen molar-refractivity contribution in [3.05, 3.63) is 0 Å². The number of nitrogens with one attached hydrogen (secondary N) is 2. The smallest absolute Gasteiger partial charge is 0.212 e. The van der Waals surface area contributed by atoms with Gasteiger partial charge >= 0.3 is 0 Å². The molecule has 0 saturated heterocycles. The molecule has 0 aliphatic rings. The highest BCUT2D eigenvalue weighted by Gasteiger charge is 2.07. The standard InChI is InChI=1S/C10H24N2O2S2/c1-3-6-11-8-10-16(13,14)12-7-4-5-9-15-2/h11-12H,3-10H2,1-2H3. The van der Waals surface area contributed by atoms with E-state index in [1.165, 1.54) is 0 Å². The minimum Gasteiger partial charge on any atom is -0.316 e. The molecule has 0 aliphatic carbocycles. The summed E-state index contributed by atoms with van der Waals surface area (Å²) in [5.74, 6) is 1.27. The lowest BCUT2D eigenvalue weighted by atomic mass is 10.3. The number of sulfonamides is 1. The van der Waals surface area contributed by atoms with Gasteiger partial charge in [-0.25, -0.2) is 13.1 Å². The number of hydrogen-bond acceptors (Lipinski definition) is 4. The zero-order valence-corrected chi connectivity index (χ0v) is 11.9. The van der Waals surface area contributed by atoms with E-state index >= 15 is 0 Å². The maximum Gasteiger partial charge on any atom is 0.212 e. The van der Waals surface area contributed by atoms with Gasteiger partial charge < -0.3 is 5.32 Å². The summed E-state index contributed by atoms with van der Waals surface area (Å²) < 4.78 is 25.6. The molecule has 0 bridgehead atoms. The summed E-state index contributed by atoms with van der Waals surface area (Å²) in [6, 6.07) is 0. The Kier molecular flexibility index (Phi) is 10.5. The summed E-state index contributed by atoms with van der Waals surface area (Å²) in [6.45, 7) is 4.04. The maximum atomic E-state index is 11.5. The molecule has 0 aromatic carbocycles. The normalized spacial score (nSPS) is 11.9. The molecule has 0 rings (SSSR count). The second kappa shape index (κ2) is 10.4. The molecule has 0 fully saturated rings. The largest absolute Gasteiger partial charge is 0.316 e. The molecule has 0 aliphatic heterocycles. The van der Waals surface area contributed by atoms with E-state index in [2.05, 4.69) is 23.2 Å². The highest BCUT2D eigenvalue weighted by Crippen LogP contribution is 1.98. The van der Waals surface area contributed by atoms with Gasteiger partial charge in [0.1, 0.15) is 0 Å². The first-order valence-corrected chi connectivity index (χ1v) is 8.84. The minimum absolute atomic E-state index is 0.176. The Labute approximate surface area is 104 Å². The Morgan fingerprint density at radius 3 is 2.50 bits per heavy atom. The third-order valence-electron chi connectivity index (χ3n) is 2.07.